The van der Waals surface area contributed by atoms with Crippen molar-refractivity contribution in [2.75, 3.05) is 37.0 Å². The van der Waals surface area contributed by atoms with E-state index in [9.17, 15) is 52.9 Å². The molecule has 10 atom stereocenters. The van der Waals surface area contributed by atoms with Crippen LogP contribution in [0.3, 0.4) is 0 Å². The van der Waals surface area contributed by atoms with E-state index in [0.29, 0.717) is 0 Å². The van der Waals surface area contributed by atoms with Crippen LogP contribution >= 0.6 is 37.2 Å². The van der Waals surface area contributed by atoms with Gasteiger partial charge in [-0.15, -0.1) is 0 Å². The maximum atomic E-state index is 14.2. The number of nitrogen functional groups attached to an aromatic ring is 2. The zero-order chi connectivity index (χ0) is 56.6. The van der Waals surface area contributed by atoms with E-state index in [-0.39, 0.29) is 65.5 Å². The lowest BCUT2D eigenvalue weighted by molar-refractivity contribution is -0.159. The van der Waals surface area contributed by atoms with Crippen LogP contribution in [0.25, 0.3) is 11.2 Å². The second-order valence-electron chi connectivity index (χ2n) is 20.3. The largest absolute Gasteiger partial charge is 0.472 e. The van der Waals surface area contributed by atoms with Gasteiger partial charge in [-0.2, -0.15) is 4.98 Å². The second-order valence-corrected chi connectivity index (χ2v) is 26.1. The van der Waals surface area contributed by atoms with E-state index >= 15 is 0 Å². The Labute approximate surface area is 444 Å². The van der Waals surface area contributed by atoms with E-state index in [4.69, 9.17) is 44.2 Å². The average Bonchev–Trinajstić information content (AvgIpc) is 3.97. The minimum Gasteiger partial charge on any atom is -0.455 e. The van der Waals surface area contributed by atoms with Crippen molar-refractivity contribution in [2.45, 2.75) is 159 Å². The van der Waals surface area contributed by atoms with Crippen LogP contribution in [0.4, 0.5) is 21.2 Å². The molecule has 0 spiro atoms. The van der Waals surface area contributed by atoms with Crippen LogP contribution in [0.5, 0.6) is 0 Å². The topological polar surface area (TPSA) is 424 Å². The van der Waals surface area contributed by atoms with Gasteiger partial charge in [0.1, 0.15) is 71.6 Å². The first-order chi connectivity index (χ1) is 35.2. The first kappa shape index (κ1) is 62.2. The number of aliphatic hydroxyl groups excluding tert-OH is 1. The molecule has 11 N–H and O–H groups in total. The SMILES string of the molecule is CC(C)(C)OC(=O)NC(CCCCNC(=O)[C@H](CSSC(C)(C)C)NC(=O)OC(C)(C)C)C(=O)O[C@H]1[C@@H](O)[C@H](n2cnc3c(N)ncnc32)O[C@@H]1COP(=O)(O)O[C@H]1C[C@H](n2ccc(N)nc2=O)O[C@@H]1COP(=O)(O)O. The number of phosphoric ester groups is 2. The summed E-state index contributed by atoms with van der Waals surface area (Å²) in [7, 11) is -7.50. The van der Waals surface area contributed by atoms with Crippen molar-refractivity contribution in [3.63, 3.8) is 0 Å². The van der Waals surface area contributed by atoms with Gasteiger partial charge in [0, 0.05) is 29.7 Å². The van der Waals surface area contributed by atoms with E-state index in [1.165, 1.54) is 44.7 Å². The van der Waals surface area contributed by atoms with E-state index in [1.807, 2.05) is 20.8 Å². The van der Waals surface area contributed by atoms with Gasteiger partial charge in [0.25, 0.3) is 0 Å². The predicted octanol–water partition coefficient (Wildman–Crippen LogP) is 2.57. The summed E-state index contributed by atoms with van der Waals surface area (Å²) >= 11 is 0. The van der Waals surface area contributed by atoms with Gasteiger partial charge in [0.05, 0.1) is 19.5 Å². The van der Waals surface area contributed by atoms with E-state index in [2.05, 4.69) is 40.4 Å². The van der Waals surface area contributed by atoms with Gasteiger partial charge < -0.3 is 70.9 Å². The first-order valence-electron chi connectivity index (χ1n) is 23.6. The highest BCUT2D eigenvalue weighted by Gasteiger charge is 2.50. The van der Waals surface area contributed by atoms with Crippen molar-refractivity contribution in [2.24, 2.45) is 0 Å². The average molecular weight is 1160 g/mol. The number of nitrogens with one attached hydrogen (secondary N) is 3. The van der Waals surface area contributed by atoms with Gasteiger partial charge in [0.15, 0.2) is 23.8 Å². The van der Waals surface area contributed by atoms with Crippen molar-refractivity contribution in [3.05, 3.63) is 35.4 Å². The zero-order valence-corrected chi connectivity index (χ0v) is 46.5. The maximum absolute atomic E-state index is 14.2. The number of hydrogen-bond acceptors (Lipinski definition) is 24. The highest BCUT2D eigenvalue weighted by Crippen LogP contribution is 2.50. The number of fused-ring (bicyclic) bond motifs is 1. The lowest BCUT2D eigenvalue weighted by Crippen LogP contribution is -2.49. The molecule has 3 aromatic rings. The molecule has 0 aliphatic carbocycles. The molecule has 2 unspecified atom stereocenters. The van der Waals surface area contributed by atoms with E-state index in [1.54, 1.807) is 41.5 Å². The molecule has 76 heavy (non-hydrogen) atoms. The van der Waals surface area contributed by atoms with Crippen LogP contribution in [0.2, 0.25) is 0 Å². The number of anilines is 2. The number of ether oxygens (including phenoxy) is 5. The minimum atomic E-state index is -5.30. The number of carbonyl (C=O) groups excluding carboxylic acids is 4. The number of aromatic nitrogens is 6. The third-order valence-electron chi connectivity index (χ3n) is 10.4. The van der Waals surface area contributed by atoms with Crippen LogP contribution in [0.15, 0.2) is 29.7 Å². The van der Waals surface area contributed by atoms with Gasteiger partial charge in [0.2, 0.25) is 5.91 Å². The molecule has 5 heterocycles. The van der Waals surface area contributed by atoms with Crippen LogP contribution in [-0.2, 0) is 56.0 Å². The normalized spacial score (nSPS) is 22.8. The Hall–Kier alpha value is -4.69. The molecule has 5 rings (SSSR count). The molecule has 3 amide bonds. The summed E-state index contributed by atoms with van der Waals surface area (Å²) in [5, 5.41) is 19.8. The second kappa shape index (κ2) is 25.8. The van der Waals surface area contributed by atoms with Gasteiger partial charge in [-0.1, -0.05) is 42.4 Å². The van der Waals surface area contributed by atoms with Crippen molar-refractivity contribution in [3.8, 4) is 0 Å². The summed E-state index contributed by atoms with van der Waals surface area (Å²) in [4.78, 5) is 112. The number of unbranched alkanes of at least 4 members (excludes halogenated alkanes) is 1. The van der Waals surface area contributed by atoms with Crippen LogP contribution < -0.4 is 33.1 Å². The molecule has 426 valence electrons. The molecule has 2 aliphatic heterocycles. The molecule has 3 aromatic heterocycles. The molecule has 0 saturated carbocycles. The number of rotatable bonds is 23. The Morgan fingerprint density at radius 2 is 1.53 bits per heavy atom. The van der Waals surface area contributed by atoms with Gasteiger partial charge >= 0.3 is 39.5 Å². The lowest BCUT2D eigenvalue weighted by atomic mass is 10.1. The summed E-state index contributed by atoms with van der Waals surface area (Å²) in [6, 6.07) is -1.17. The molecule has 2 saturated heterocycles. The van der Waals surface area contributed by atoms with Crippen LogP contribution in [0.1, 0.15) is 100 Å². The van der Waals surface area contributed by atoms with E-state index in [0.717, 1.165) is 10.9 Å². The number of nitrogens with two attached hydrogens (primary N) is 2. The monoisotopic (exact) mass is 1160 g/mol. The van der Waals surface area contributed by atoms with Crippen molar-refractivity contribution in [1.82, 2.24) is 45.0 Å². The van der Waals surface area contributed by atoms with Gasteiger partial charge in [-0.25, -0.2) is 43.3 Å². The van der Waals surface area contributed by atoms with Crippen molar-refractivity contribution < 1.29 is 85.4 Å². The molecule has 30 nitrogen and oxygen atoms in total. The number of nitrogens with zero attached hydrogens (tertiary/aromatic N) is 6. The summed E-state index contributed by atoms with van der Waals surface area (Å²) in [6.07, 6.45) is -9.24. The Kier molecular flexibility index (Phi) is 21.1. The molecule has 34 heteroatoms. The number of hydrogen-bond donors (Lipinski definition) is 9. The number of phosphoric acid groups is 2. The predicted molar refractivity (Wildman–Crippen MR) is 273 cm³/mol. The van der Waals surface area contributed by atoms with Gasteiger partial charge in [-0.3, -0.25) is 27.5 Å². The quantitative estimate of drug-likeness (QED) is 0.0217. The molecule has 2 aliphatic rings. The fraction of sp³-hybridized carbons (Fsp3) is 0.690. The zero-order valence-electron chi connectivity index (χ0n) is 43.1. The Balaban J connectivity index is 1.33. The number of amides is 3. The molecule has 0 aromatic carbocycles. The highest BCUT2D eigenvalue weighted by atomic mass is 33.1. The number of alkyl carbamates (subject to hydrolysis) is 2. The minimum absolute atomic E-state index is 0.0280. The summed E-state index contributed by atoms with van der Waals surface area (Å²) in [6.45, 7) is 14.1. The summed E-state index contributed by atoms with van der Waals surface area (Å²) in [5.41, 5.74) is 9.06. The summed E-state index contributed by atoms with van der Waals surface area (Å²) in [5.74, 6) is -1.55. The Bertz CT molecular complexity index is 2660. The number of carbonyl (C=O) groups is 4. The standard InChI is InChI=1S/C42H67N11O19P2S2/c1-40(2,3)70-38(58)49-22(12-10-11-14-45-34(55)23(19-75-76-42(7,8)9)50-39(59)71-41(4,5)6)36(56)69-31-26(68-35(30(31)54)53-21-48-29-32(44)46-20-47-33(29)53)18-66-74(63,64)72-24-16-28(52-15-13-27(43)51-37(52)57)67-25(24)17-65-73(60,61)62/h13,15,20-26,28,30-31,35,54H,10-12,14,16-19H2,1-9H3,(H,45,55)(H,49,58)(H,50,59)(H,63,64)(H2,43,51,57)(H2,44,46,47)(H2,60,61,62)/t22?,23-,24-,25+,26+,28+,30+,31+,35+/m0/s1. The van der Waals surface area contributed by atoms with Gasteiger partial charge in [-0.05, 0) is 66.9 Å². The Morgan fingerprint density at radius 1 is 0.882 bits per heavy atom. The fourth-order valence-corrected chi connectivity index (χ4v) is 11.0. The van der Waals surface area contributed by atoms with Crippen LogP contribution in [-0.4, -0.2) is 157 Å². The Morgan fingerprint density at radius 3 is 2.14 bits per heavy atom. The third-order valence-corrected chi connectivity index (χ3v) is 15.2. The highest BCUT2D eigenvalue weighted by molar-refractivity contribution is 8.77. The van der Waals surface area contributed by atoms with Crippen molar-refractivity contribution >= 4 is 84.1 Å². The smallest absolute Gasteiger partial charge is 0.455 e. The number of esters is 1. The molecule has 0 bridgehead atoms. The number of imidazole rings is 1. The lowest BCUT2D eigenvalue weighted by Gasteiger charge is -2.26. The first-order valence-corrected chi connectivity index (χ1v) is 28.9. The third kappa shape index (κ3) is 19.3. The maximum Gasteiger partial charge on any atom is 0.472 e. The molecule has 0 radical (unpaired) electrons. The number of aliphatic hydroxyl groups is 1. The fourth-order valence-electron chi connectivity index (χ4n) is 7.24. The molecule has 2 fully saturated rings. The van der Waals surface area contributed by atoms with Crippen LogP contribution in [0, 0.1) is 0 Å². The molecular weight excluding hydrogens is 1090 g/mol. The summed E-state index contributed by atoms with van der Waals surface area (Å²) < 4.78 is 71.3. The van der Waals surface area contributed by atoms with E-state index < -0.39 is 125 Å². The van der Waals surface area contributed by atoms with Crippen molar-refractivity contribution in [1.29, 1.82) is 0 Å². The molecular formula is C42H67N11O19P2S2.